The van der Waals surface area contributed by atoms with Crippen LogP contribution in [-0.2, 0) is 16.8 Å². The molecule has 0 unspecified atom stereocenters. The number of para-hydroxylation sites is 1. The second-order valence-electron chi connectivity index (χ2n) is 2.96. The van der Waals surface area contributed by atoms with E-state index in [-0.39, 0.29) is 31.6 Å². The van der Waals surface area contributed by atoms with Gasteiger partial charge in [-0.1, -0.05) is 19.1 Å². The van der Waals surface area contributed by atoms with Gasteiger partial charge >= 0.3 is 35.2 Å². The molecular weight excluding hydrogens is 243 g/mol. The zero-order valence-electron chi connectivity index (χ0n) is 10.4. The Hall–Kier alpha value is -1.00. The summed E-state index contributed by atoms with van der Waals surface area (Å²) >= 11 is 0. The standard InChI is InChI=1S/C9H10O6S.Li.H/c1-2-6-4-3-5-7(9(10)11)8(6)15-16(12,13)14;;/h3-5H,2H2,1H3,(H,10,11)(H,12,13,14);;/q;+1;-1. The summed E-state index contributed by atoms with van der Waals surface area (Å²) in [4.78, 5) is 10.8. The quantitative estimate of drug-likeness (QED) is 0.488. The normalized spacial score (nSPS) is 10.5. The summed E-state index contributed by atoms with van der Waals surface area (Å²) in [5.41, 5.74) is 0.0782. The van der Waals surface area contributed by atoms with Crippen molar-refractivity contribution < 1.29 is 47.3 Å². The molecule has 0 fully saturated rings. The summed E-state index contributed by atoms with van der Waals surface area (Å²) < 4.78 is 34.0. The van der Waals surface area contributed by atoms with Crippen LogP contribution in [0.25, 0.3) is 0 Å². The van der Waals surface area contributed by atoms with Gasteiger partial charge in [-0.3, -0.25) is 4.55 Å². The van der Waals surface area contributed by atoms with Crippen LogP contribution in [0.3, 0.4) is 0 Å². The third-order valence-corrected chi connectivity index (χ3v) is 2.27. The first-order chi connectivity index (χ1) is 7.35. The molecule has 1 aromatic rings. The molecule has 17 heavy (non-hydrogen) atoms. The molecule has 0 atom stereocenters. The first-order valence-corrected chi connectivity index (χ1v) is 5.73. The van der Waals surface area contributed by atoms with Crippen LogP contribution in [-0.4, -0.2) is 24.0 Å². The monoisotopic (exact) mass is 254 g/mol. The van der Waals surface area contributed by atoms with Gasteiger partial charge in [0, 0.05) is 0 Å². The smallest absolute Gasteiger partial charge is 1.00 e. The molecule has 0 aliphatic rings. The Labute approximate surface area is 112 Å². The van der Waals surface area contributed by atoms with Crippen molar-refractivity contribution in [3.05, 3.63) is 29.3 Å². The van der Waals surface area contributed by atoms with E-state index in [2.05, 4.69) is 4.18 Å². The minimum Gasteiger partial charge on any atom is -1.00 e. The maximum absolute atomic E-state index is 10.8. The number of carbonyl (C=O) groups is 1. The second-order valence-corrected chi connectivity index (χ2v) is 3.99. The summed E-state index contributed by atoms with van der Waals surface area (Å²) in [6.07, 6.45) is 0.381. The zero-order chi connectivity index (χ0) is 12.3. The largest absolute Gasteiger partial charge is 1.00 e. The van der Waals surface area contributed by atoms with Crippen molar-refractivity contribution in [3.8, 4) is 5.75 Å². The van der Waals surface area contributed by atoms with E-state index in [0.717, 1.165) is 0 Å². The fraction of sp³-hybridized carbons (Fsp3) is 0.222. The molecule has 90 valence electrons. The summed E-state index contributed by atoms with van der Waals surface area (Å²) in [7, 11) is -4.73. The Morgan fingerprint density at radius 1 is 1.47 bits per heavy atom. The fourth-order valence-corrected chi connectivity index (χ4v) is 1.64. The van der Waals surface area contributed by atoms with Crippen molar-refractivity contribution in [1.82, 2.24) is 0 Å². The average Bonchev–Trinajstić information content (AvgIpc) is 2.15. The Morgan fingerprint density at radius 3 is 2.47 bits per heavy atom. The zero-order valence-corrected chi connectivity index (χ0v) is 10.2. The van der Waals surface area contributed by atoms with E-state index in [9.17, 15) is 13.2 Å². The summed E-state index contributed by atoms with van der Waals surface area (Å²) in [6, 6.07) is 4.19. The van der Waals surface area contributed by atoms with E-state index < -0.39 is 16.4 Å². The Kier molecular flexibility index (Phi) is 5.71. The van der Waals surface area contributed by atoms with Crippen LogP contribution in [0.1, 0.15) is 24.3 Å². The van der Waals surface area contributed by atoms with Gasteiger partial charge in [-0.25, -0.2) is 4.79 Å². The topological polar surface area (TPSA) is 101 Å². The first-order valence-electron chi connectivity index (χ1n) is 4.37. The number of rotatable bonds is 4. The molecule has 0 radical (unpaired) electrons. The maximum Gasteiger partial charge on any atom is 1.00 e. The molecule has 0 heterocycles. The van der Waals surface area contributed by atoms with Gasteiger partial charge in [0.15, 0.2) is 5.75 Å². The molecule has 8 heteroatoms. The molecule has 0 aliphatic heterocycles. The predicted octanol–water partition coefficient (Wildman–Crippen LogP) is -1.75. The van der Waals surface area contributed by atoms with Gasteiger partial charge in [0.1, 0.15) is 5.56 Å². The molecule has 0 aromatic heterocycles. The number of benzene rings is 1. The number of aryl methyl sites for hydroxylation is 1. The third kappa shape index (κ3) is 4.40. The third-order valence-electron chi connectivity index (χ3n) is 1.90. The van der Waals surface area contributed by atoms with Crippen LogP contribution in [0.5, 0.6) is 5.75 Å². The number of carboxylic acid groups (broad SMARTS) is 1. The molecule has 6 nitrogen and oxygen atoms in total. The Bertz CT molecular complexity index is 516. The van der Waals surface area contributed by atoms with Crippen LogP contribution in [0.15, 0.2) is 18.2 Å². The van der Waals surface area contributed by atoms with Gasteiger partial charge in [-0.05, 0) is 18.1 Å². The minimum absolute atomic E-state index is 0. The van der Waals surface area contributed by atoms with E-state index in [1.807, 2.05) is 0 Å². The van der Waals surface area contributed by atoms with Crippen LogP contribution in [0.2, 0.25) is 0 Å². The molecule has 0 saturated carbocycles. The molecule has 1 aromatic carbocycles. The average molecular weight is 254 g/mol. The molecule has 0 aliphatic carbocycles. The van der Waals surface area contributed by atoms with E-state index in [1.165, 1.54) is 18.2 Å². The van der Waals surface area contributed by atoms with Gasteiger partial charge in [-0.15, -0.1) is 0 Å². The summed E-state index contributed by atoms with van der Waals surface area (Å²) in [5, 5.41) is 8.83. The van der Waals surface area contributed by atoms with Gasteiger partial charge < -0.3 is 10.7 Å². The molecule has 0 saturated heterocycles. The number of hydrogen-bond donors (Lipinski definition) is 2. The van der Waals surface area contributed by atoms with Gasteiger partial charge in [-0.2, -0.15) is 8.42 Å². The SMILES string of the molecule is CCc1cccc(C(=O)O)c1OS(=O)(=O)O.[H-].[Li+]. The van der Waals surface area contributed by atoms with Crippen LogP contribution in [0, 0.1) is 0 Å². The van der Waals surface area contributed by atoms with Crippen molar-refractivity contribution in [3.63, 3.8) is 0 Å². The van der Waals surface area contributed by atoms with E-state index >= 15 is 0 Å². The number of hydrogen-bond acceptors (Lipinski definition) is 4. The molecular formula is C9H11LiO6S. The van der Waals surface area contributed by atoms with Crippen LogP contribution < -0.4 is 23.0 Å². The summed E-state index contributed by atoms with van der Waals surface area (Å²) in [6.45, 7) is 1.71. The predicted molar refractivity (Wildman–Crippen MR) is 56.1 cm³/mol. The van der Waals surface area contributed by atoms with Gasteiger partial charge in [0.2, 0.25) is 0 Å². The maximum atomic E-state index is 10.8. The Morgan fingerprint density at radius 2 is 2.06 bits per heavy atom. The van der Waals surface area contributed by atoms with E-state index in [4.69, 9.17) is 9.66 Å². The van der Waals surface area contributed by atoms with E-state index in [1.54, 1.807) is 6.92 Å². The van der Waals surface area contributed by atoms with Crippen molar-refractivity contribution >= 4 is 16.4 Å². The molecule has 0 spiro atoms. The minimum atomic E-state index is -4.73. The van der Waals surface area contributed by atoms with Gasteiger partial charge in [0.25, 0.3) is 0 Å². The molecule has 0 bridgehead atoms. The number of aromatic carboxylic acids is 1. The van der Waals surface area contributed by atoms with Crippen molar-refractivity contribution in [2.75, 3.05) is 0 Å². The van der Waals surface area contributed by atoms with E-state index in [0.29, 0.717) is 12.0 Å². The summed E-state index contributed by atoms with van der Waals surface area (Å²) in [5.74, 6) is -1.67. The molecule has 1 rings (SSSR count). The molecule has 2 N–H and O–H groups in total. The Balaban J connectivity index is 0. The second kappa shape index (κ2) is 6.07. The first kappa shape index (κ1) is 16.0. The fourth-order valence-electron chi connectivity index (χ4n) is 1.24. The number of carboxylic acids is 1. The van der Waals surface area contributed by atoms with Crippen molar-refractivity contribution in [2.45, 2.75) is 13.3 Å². The van der Waals surface area contributed by atoms with Gasteiger partial charge in [0.05, 0.1) is 0 Å². The molecule has 0 amide bonds. The van der Waals surface area contributed by atoms with Crippen LogP contribution >= 0.6 is 0 Å². The van der Waals surface area contributed by atoms with Crippen molar-refractivity contribution in [1.29, 1.82) is 0 Å². The van der Waals surface area contributed by atoms with Crippen LogP contribution in [0.4, 0.5) is 0 Å². The van der Waals surface area contributed by atoms with Crippen molar-refractivity contribution in [2.24, 2.45) is 0 Å².